The lowest BCUT2D eigenvalue weighted by Gasteiger charge is -2.34. The summed E-state index contributed by atoms with van der Waals surface area (Å²) in [6, 6.07) is 0. The molecule has 2 fully saturated rings. The summed E-state index contributed by atoms with van der Waals surface area (Å²) in [7, 11) is -1.19. The Morgan fingerprint density at radius 2 is 2.00 bits per heavy atom. The molecule has 2 saturated heterocycles. The highest BCUT2D eigenvalue weighted by molar-refractivity contribution is 7.89. The van der Waals surface area contributed by atoms with E-state index in [-0.39, 0.29) is 5.25 Å². The van der Waals surface area contributed by atoms with Gasteiger partial charge in [0.05, 0.1) is 11.9 Å². The molecule has 0 aromatic carbocycles. The standard InChI is InChI=1S/C12H24N2O3S/c1-13-9-11-4-6-14(7-5-11)18(15,16)12-3-2-8-17-10-12/h11-13H,2-10H2,1H3. The van der Waals surface area contributed by atoms with Gasteiger partial charge in [-0.05, 0) is 45.2 Å². The number of piperidine rings is 1. The van der Waals surface area contributed by atoms with Crippen LogP contribution in [0.3, 0.4) is 0 Å². The first kappa shape index (κ1) is 14.2. The fraction of sp³-hybridized carbons (Fsp3) is 1.00. The van der Waals surface area contributed by atoms with E-state index in [0.29, 0.717) is 32.2 Å². The van der Waals surface area contributed by atoms with Crippen LogP contribution in [0.5, 0.6) is 0 Å². The highest BCUT2D eigenvalue weighted by atomic mass is 32.2. The van der Waals surface area contributed by atoms with Gasteiger partial charge in [0.1, 0.15) is 0 Å². The van der Waals surface area contributed by atoms with Crippen LogP contribution in [0.15, 0.2) is 0 Å². The second-order valence-corrected chi connectivity index (χ2v) is 7.50. The minimum atomic E-state index is -3.14. The summed E-state index contributed by atoms with van der Waals surface area (Å²) in [6.07, 6.45) is 3.54. The molecular formula is C12H24N2O3S. The maximum atomic E-state index is 12.4. The van der Waals surface area contributed by atoms with E-state index in [2.05, 4.69) is 5.32 Å². The van der Waals surface area contributed by atoms with Crippen molar-refractivity contribution in [3.8, 4) is 0 Å². The van der Waals surface area contributed by atoms with Crippen LogP contribution in [0.1, 0.15) is 25.7 Å². The Bertz CT molecular complexity index is 344. The Hall–Kier alpha value is -0.170. The average Bonchev–Trinajstić information content (AvgIpc) is 2.41. The van der Waals surface area contributed by atoms with Crippen molar-refractivity contribution in [3.63, 3.8) is 0 Å². The molecule has 2 aliphatic rings. The predicted molar refractivity (Wildman–Crippen MR) is 71.0 cm³/mol. The Labute approximate surface area is 110 Å². The van der Waals surface area contributed by atoms with Crippen LogP contribution in [0.25, 0.3) is 0 Å². The van der Waals surface area contributed by atoms with Crippen molar-refractivity contribution in [3.05, 3.63) is 0 Å². The number of sulfonamides is 1. The average molecular weight is 276 g/mol. The molecule has 18 heavy (non-hydrogen) atoms. The lowest BCUT2D eigenvalue weighted by molar-refractivity contribution is 0.0968. The first-order valence-electron chi connectivity index (χ1n) is 6.86. The SMILES string of the molecule is CNCC1CCN(S(=O)(=O)C2CCCOC2)CC1. The van der Waals surface area contributed by atoms with Gasteiger partial charge in [-0.3, -0.25) is 0 Å². The van der Waals surface area contributed by atoms with Gasteiger partial charge in [-0.2, -0.15) is 0 Å². The first-order valence-corrected chi connectivity index (χ1v) is 8.36. The van der Waals surface area contributed by atoms with Crippen LogP contribution < -0.4 is 5.32 Å². The molecule has 0 aromatic rings. The van der Waals surface area contributed by atoms with Crippen LogP contribution in [0, 0.1) is 5.92 Å². The van der Waals surface area contributed by atoms with Crippen molar-refractivity contribution >= 4 is 10.0 Å². The van der Waals surface area contributed by atoms with E-state index in [1.54, 1.807) is 4.31 Å². The van der Waals surface area contributed by atoms with Gasteiger partial charge in [0, 0.05) is 19.7 Å². The maximum Gasteiger partial charge on any atom is 0.219 e. The molecule has 0 aromatic heterocycles. The van der Waals surface area contributed by atoms with Crippen LogP contribution in [0.2, 0.25) is 0 Å². The molecule has 5 nitrogen and oxygen atoms in total. The normalized spacial score (nSPS) is 28.4. The second kappa shape index (κ2) is 6.32. The number of ether oxygens (including phenoxy) is 1. The number of hydrogen-bond acceptors (Lipinski definition) is 4. The fourth-order valence-corrected chi connectivity index (χ4v) is 4.69. The number of nitrogens with one attached hydrogen (secondary N) is 1. The largest absolute Gasteiger partial charge is 0.380 e. The zero-order chi connectivity index (χ0) is 13.0. The van der Waals surface area contributed by atoms with E-state index < -0.39 is 10.0 Å². The van der Waals surface area contributed by atoms with E-state index in [1.165, 1.54) is 0 Å². The third-order valence-electron chi connectivity index (χ3n) is 3.97. The molecule has 1 unspecified atom stereocenters. The van der Waals surface area contributed by atoms with E-state index >= 15 is 0 Å². The molecule has 1 N–H and O–H groups in total. The van der Waals surface area contributed by atoms with Crippen molar-refractivity contribution in [2.24, 2.45) is 5.92 Å². The summed E-state index contributed by atoms with van der Waals surface area (Å²) in [5.74, 6) is 0.615. The molecule has 0 aliphatic carbocycles. The lowest BCUT2D eigenvalue weighted by atomic mass is 9.98. The molecule has 0 saturated carbocycles. The van der Waals surface area contributed by atoms with Gasteiger partial charge in [-0.25, -0.2) is 12.7 Å². The molecule has 2 rings (SSSR count). The summed E-state index contributed by atoms with van der Waals surface area (Å²) < 4.78 is 31.9. The van der Waals surface area contributed by atoms with Gasteiger partial charge in [0.15, 0.2) is 0 Å². The van der Waals surface area contributed by atoms with Crippen molar-refractivity contribution in [1.82, 2.24) is 9.62 Å². The monoisotopic (exact) mass is 276 g/mol. The highest BCUT2D eigenvalue weighted by Crippen LogP contribution is 2.24. The van der Waals surface area contributed by atoms with Gasteiger partial charge in [-0.15, -0.1) is 0 Å². The Morgan fingerprint density at radius 3 is 2.56 bits per heavy atom. The van der Waals surface area contributed by atoms with Gasteiger partial charge in [0.2, 0.25) is 10.0 Å². The lowest BCUT2D eigenvalue weighted by Crippen LogP contribution is -2.46. The number of nitrogens with zero attached hydrogens (tertiary/aromatic N) is 1. The maximum absolute atomic E-state index is 12.4. The topological polar surface area (TPSA) is 58.6 Å². The zero-order valence-electron chi connectivity index (χ0n) is 11.1. The minimum absolute atomic E-state index is 0.313. The van der Waals surface area contributed by atoms with Crippen molar-refractivity contribution in [2.75, 3.05) is 39.9 Å². The molecule has 2 heterocycles. The van der Waals surface area contributed by atoms with Crippen molar-refractivity contribution < 1.29 is 13.2 Å². The Morgan fingerprint density at radius 1 is 1.28 bits per heavy atom. The van der Waals surface area contributed by atoms with Crippen molar-refractivity contribution in [1.29, 1.82) is 0 Å². The Kier molecular flexibility index (Phi) is 5.00. The fourth-order valence-electron chi connectivity index (χ4n) is 2.81. The van der Waals surface area contributed by atoms with Crippen LogP contribution in [-0.4, -0.2) is 57.9 Å². The minimum Gasteiger partial charge on any atom is -0.380 e. The summed E-state index contributed by atoms with van der Waals surface area (Å²) in [5, 5.41) is 2.85. The summed E-state index contributed by atoms with van der Waals surface area (Å²) in [5.41, 5.74) is 0. The molecular weight excluding hydrogens is 252 g/mol. The second-order valence-electron chi connectivity index (χ2n) is 5.28. The van der Waals surface area contributed by atoms with E-state index in [0.717, 1.165) is 32.2 Å². The molecule has 1 atom stereocenters. The first-order chi connectivity index (χ1) is 8.64. The van der Waals surface area contributed by atoms with Crippen LogP contribution in [-0.2, 0) is 14.8 Å². The molecule has 6 heteroatoms. The van der Waals surface area contributed by atoms with Crippen LogP contribution in [0.4, 0.5) is 0 Å². The third kappa shape index (κ3) is 3.23. The van der Waals surface area contributed by atoms with Gasteiger partial charge in [0.25, 0.3) is 0 Å². The van der Waals surface area contributed by atoms with Gasteiger partial charge in [-0.1, -0.05) is 0 Å². The molecule has 0 radical (unpaired) electrons. The van der Waals surface area contributed by atoms with Crippen LogP contribution >= 0.6 is 0 Å². The molecule has 0 spiro atoms. The van der Waals surface area contributed by atoms with E-state index in [4.69, 9.17) is 4.74 Å². The Balaban J connectivity index is 1.91. The highest BCUT2D eigenvalue weighted by Gasteiger charge is 2.35. The third-order valence-corrected chi connectivity index (χ3v) is 6.27. The van der Waals surface area contributed by atoms with Gasteiger partial charge < -0.3 is 10.1 Å². The smallest absolute Gasteiger partial charge is 0.219 e. The quantitative estimate of drug-likeness (QED) is 0.809. The predicted octanol–water partition coefficient (Wildman–Crippen LogP) is 0.427. The van der Waals surface area contributed by atoms with E-state index in [9.17, 15) is 8.42 Å². The number of hydrogen-bond donors (Lipinski definition) is 1. The molecule has 2 aliphatic heterocycles. The molecule has 0 amide bonds. The summed E-state index contributed by atoms with van der Waals surface area (Å²) in [6.45, 7) is 3.41. The zero-order valence-corrected chi connectivity index (χ0v) is 11.9. The molecule has 0 bridgehead atoms. The van der Waals surface area contributed by atoms with E-state index in [1.807, 2.05) is 7.05 Å². The number of rotatable bonds is 4. The summed E-state index contributed by atoms with van der Waals surface area (Å²) in [4.78, 5) is 0. The summed E-state index contributed by atoms with van der Waals surface area (Å²) >= 11 is 0. The van der Waals surface area contributed by atoms with Crippen molar-refractivity contribution in [2.45, 2.75) is 30.9 Å². The van der Waals surface area contributed by atoms with Gasteiger partial charge >= 0.3 is 0 Å². The molecule has 106 valence electrons.